The summed E-state index contributed by atoms with van der Waals surface area (Å²) in [6.07, 6.45) is 4.63. The van der Waals surface area contributed by atoms with Gasteiger partial charge in [-0.15, -0.1) is 0 Å². The third-order valence-corrected chi connectivity index (χ3v) is 3.26. The summed E-state index contributed by atoms with van der Waals surface area (Å²) in [6.45, 7) is 2.52. The highest BCUT2D eigenvalue weighted by Crippen LogP contribution is 2.48. The van der Waals surface area contributed by atoms with Gasteiger partial charge >= 0.3 is 0 Å². The van der Waals surface area contributed by atoms with Gasteiger partial charge in [-0.1, -0.05) is 37.6 Å². The van der Waals surface area contributed by atoms with Gasteiger partial charge in [-0.2, -0.15) is 0 Å². The van der Waals surface area contributed by atoms with E-state index in [4.69, 9.17) is 0 Å². The van der Waals surface area contributed by atoms with Crippen LogP contribution in [0.5, 0.6) is 0 Å². The lowest BCUT2D eigenvalue weighted by atomic mass is 9.90. The largest absolute Gasteiger partial charge is 0.395 e. The number of hydrogen-bond acceptors (Lipinski definition) is 1. The number of hydrogen-bond donors (Lipinski definition) is 1. The number of benzene rings is 1. The van der Waals surface area contributed by atoms with Crippen LogP contribution in [0.4, 0.5) is 0 Å². The summed E-state index contributed by atoms with van der Waals surface area (Å²) < 4.78 is 0. The van der Waals surface area contributed by atoms with Crippen LogP contribution < -0.4 is 0 Å². The molecule has 0 aromatic heterocycles. The summed E-state index contributed by atoms with van der Waals surface area (Å²) in [7, 11) is 0. The standard InChI is InChI=1S/C13H18O/c1-2-5-11-6-3-4-7-12(11)13(10-14)8-9-13/h3-4,6-7,14H,2,5,8-10H2,1H3. The van der Waals surface area contributed by atoms with Crippen LogP contribution in [-0.2, 0) is 11.8 Å². The first-order chi connectivity index (χ1) is 6.82. The lowest BCUT2D eigenvalue weighted by molar-refractivity contribution is 0.254. The molecule has 1 aliphatic carbocycles. The van der Waals surface area contributed by atoms with E-state index >= 15 is 0 Å². The summed E-state index contributed by atoms with van der Waals surface area (Å²) in [5, 5.41) is 9.40. The molecule has 0 bridgehead atoms. The first kappa shape index (κ1) is 9.72. The monoisotopic (exact) mass is 190 g/mol. The molecule has 1 N–H and O–H groups in total. The lowest BCUT2D eigenvalue weighted by Crippen LogP contribution is -2.14. The maximum absolute atomic E-state index is 9.40. The van der Waals surface area contributed by atoms with Crippen LogP contribution in [0, 0.1) is 0 Å². The molecule has 76 valence electrons. The van der Waals surface area contributed by atoms with E-state index in [9.17, 15) is 5.11 Å². The number of rotatable bonds is 4. The van der Waals surface area contributed by atoms with Crippen molar-refractivity contribution in [2.24, 2.45) is 0 Å². The number of aliphatic hydroxyl groups excluding tert-OH is 1. The van der Waals surface area contributed by atoms with Crippen LogP contribution in [-0.4, -0.2) is 11.7 Å². The van der Waals surface area contributed by atoms with E-state index in [0.29, 0.717) is 6.61 Å². The zero-order valence-electron chi connectivity index (χ0n) is 8.79. The smallest absolute Gasteiger partial charge is 0.0528 e. The van der Waals surface area contributed by atoms with E-state index < -0.39 is 0 Å². The molecule has 0 saturated heterocycles. The van der Waals surface area contributed by atoms with Crippen molar-refractivity contribution in [1.82, 2.24) is 0 Å². The van der Waals surface area contributed by atoms with Crippen molar-refractivity contribution in [1.29, 1.82) is 0 Å². The zero-order chi connectivity index (χ0) is 10.0. The van der Waals surface area contributed by atoms with Gasteiger partial charge in [0.2, 0.25) is 0 Å². The Labute approximate surface area is 85.8 Å². The molecule has 0 radical (unpaired) electrons. The minimum atomic E-state index is 0.131. The molecule has 0 aliphatic heterocycles. The van der Waals surface area contributed by atoms with E-state index in [2.05, 4.69) is 31.2 Å². The first-order valence-electron chi connectivity index (χ1n) is 5.51. The SMILES string of the molecule is CCCc1ccccc1C1(CO)CC1. The number of aryl methyl sites for hydroxylation is 1. The van der Waals surface area contributed by atoms with E-state index in [0.717, 1.165) is 19.3 Å². The van der Waals surface area contributed by atoms with Crippen molar-refractivity contribution < 1.29 is 5.11 Å². The molecule has 2 rings (SSSR count). The Kier molecular flexibility index (Phi) is 2.60. The quantitative estimate of drug-likeness (QED) is 0.774. The van der Waals surface area contributed by atoms with E-state index in [1.165, 1.54) is 17.5 Å². The molecule has 1 aliphatic rings. The van der Waals surface area contributed by atoms with Crippen LogP contribution in [0.15, 0.2) is 24.3 Å². The van der Waals surface area contributed by atoms with Crippen molar-refractivity contribution in [2.75, 3.05) is 6.61 Å². The molecule has 0 amide bonds. The fraction of sp³-hybridized carbons (Fsp3) is 0.538. The molecular weight excluding hydrogens is 172 g/mol. The van der Waals surface area contributed by atoms with Gasteiger partial charge in [-0.3, -0.25) is 0 Å². The van der Waals surface area contributed by atoms with Gasteiger partial charge in [0.05, 0.1) is 6.61 Å². The van der Waals surface area contributed by atoms with Crippen LogP contribution in [0.3, 0.4) is 0 Å². The predicted molar refractivity (Wildman–Crippen MR) is 58.4 cm³/mol. The fourth-order valence-corrected chi connectivity index (χ4v) is 2.19. The molecule has 1 saturated carbocycles. The highest BCUT2D eigenvalue weighted by molar-refractivity contribution is 5.38. The Morgan fingerprint density at radius 2 is 2.00 bits per heavy atom. The maximum atomic E-state index is 9.40. The molecular formula is C13H18O. The van der Waals surface area contributed by atoms with E-state index in [1.807, 2.05) is 0 Å². The molecule has 0 heterocycles. The molecule has 1 fully saturated rings. The minimum absolute atomic E-state index is 0.131. The Bertz CT molecular complexity index is 313. The Morgan fingerprint density at radius 3 is 2.57 bits per heavy atom. The third-order valence-electron chi connectivity index (χ3n) is 3.26. The topological polar surface area (TPSA) is 20.2 Å². The molecule has 0 atom stereocenters. The molecule has 1 aromatic rings. The van der Waals surface area contributed by atoms with Crippen molar-refractivity contribution in [3.63, 3.8) is 0 Å². The lowest BCUT2D eigenvalue weighted by Gasteiger charge is -2.16. The van der Waals surface area contributed by atoms with E-state index in [1.54, 1.807) is 0 Å². The fourth-order valence-electron chi connectivity index (χ4n) is 2.19. The second-order valence-electron chi connectivity index (χ2n) is 4.35. The second-order valence-corrected chi connectivity index (χ2v) is 4.35. The zero-order valence-corrected chi connectivity index (χ0v) is 8.79. The molecule has 0 spiro atoms. The van der Waals surface area contributed by atoms with Crippen molar-refractivity contribution in [3.8, 4) is 0 Å². The van der Waals surface area contributed by atoms with E-state index in [-0.39, 0.29) is 5.41 Å². The minimum Gasteiger partial charge on any atom is -0.395 e. The van der Waals surface area contributed by atoms with Gasteiger partial charge in [0, 0.05) is 5.41 Å². The molecule has 14 heavy (non-hydrogen) atoms. The Morgan fingerprint density at radius 1 is 1.29 bits per heavy atom. The average Bonchev–Trinajstić information content (AvgIpc) is 3.00. The maximum Gasteiger partial charge on any atom is 0.0528 e. The molecule has 1 aromatic carbocycles. The van der Waals surface area contributed by atoms with Crippen molar-refractivity contribution in [3.05, 3.63) is 35.4 Å². The van der Waals surface area contributed by atoms with Crippen molar-refractivity contribution >= 4 is 0 Å². The van der Waals surface area contributed by atoms with Gasteiger partial charge in [0.15, 0.2) is 0 Å². The highest BCUT2D eigenvalue weighted by Gasteiger charge is 2.44. The van der Waals surface area contributed by atoms with Gasteiger partial charge in [0.1, 0.15) is 0 Å². The van der Waals surface area contributed by atoms with Gasteiger partial charge in [-0.05, 0) is 30.4 Å². The predicted octanol–water partition coefficient (Wildman–Crippen LogP) is 2.66. The third kappa shape index (κ3) is 1.57. The molecule has 1 nitrogen and oxygen atoms in total. The summed E-state index contributed by atoms with van der Waals surface area (Å²) in [5.74, 6) is 0. The van der Waals surface area contributed by atoms with Crippen LogP contribution in [0.2, 0.25) is 0 Å². The van der Waals surface area contributed by atoms with Gasteiger partial charge in [-0.25, -0.2) is 0 Å². The number of aliphatic hydroxyl groups is 1. The second kappa shape index (κ2) is 3.74. The van der Waals surface area contributed by atoms with Crippen LogP contribution in [0.25, 0.3) is 0 Å². The first-order valence-corrected chi connectivity index (χ1v) is 5.51. The summed E-state index contributed by atoms with van der Waals surface area (Å²) in [4.78, 5) is 0. The Balaban J connectivity index is 2.32. The Hall–Kier alpha value is -0.820. The summed E-state index contributed by atoms with van der Waals surface area (Å²) in [6, 6.07) is 8.58. The van der Waals surface area contributed by atoms with Gasteiger partial charge < -0.3 is 5.11 Å². The normalized spacial score (nSPS) is 18.1. The molecule has 0 unspecified atom stereocenters. The van der Waals surface area contributed by atoms with Crippen molar-refractivity contribution in [2.45, 2.75) is 38.0 Å². The average molecular weight is 190 g/mol. The summed E-state index contributed by atoms with van der Waals surface area (Å²) in [5.41, 5.74) is 2.96. The molecule has 1 heteroatoms. The highest BCUT2D eigenvalue weighted by atomic mass is 16.3. The summed E-state index contributed by atoms with van der Waals surface area (Å²) >= 11 is 0. The van der Waals surface area contributed by atoms with Gasteiger partial charge in [0.25, 0.3) is 0 Å². The van der Waals surface area contributed by atoms with Crippen LogP contribution >= 0.6 is 0 Å². The van der Waals surface area contributed by atoms with Crippen LogP contribution in [0.1, 0.15) is 37.3 Å².